The Morgan fingerprint density at radius 2 is 1.54 bits per heavy atom. The summed E-state index contributed by atoms with van der Waals surface area (Å²) in [6.07, 6.45) is 0.692. The lowest BCUT2D eigenvalue weighted by Gasteiger charge is -2.12. The molecule has 0 bridgehead atoms. The molecule has 0 spiro atoms. The largest absolute Gasteiger partial charge is 0.490 e. The van der Waals surface area contributed by atoms with E-state index in [0.29, 0.717) is 29.5 Å². The molecule has 7 heteroatoms. The predicted octanol–water partition coefficient (Wildman–Crippen LogP) is 2.90. The molecule has 6 nitrogen and oxygen atoms in total. The van der Waals surface area contributed by atoms with Gasteiger partial charge in [0.1, 0.15) is 0 Å². The summed E-state index contributed by atoms with van der Waals surface area (Å²) in [6, 6.07) is 14.4. The minimum Gasteiger partial charge on any atom is -0.490 e. The Kier molecular flexibility index (Phi) is 7.76. The van der Waals surface area contributed by atoms with Gasteiger partial charge in [-0.25, -0.2) is 0 Å². The number of hydrogen-bond acceptors (Lipinski definition) is 4. The minimum absolute atomic E-state index is 0.206. The van der Waals surface area contributed by atoms with Crippen LogP contribution in [-0.4, -0.2) is 25.0 Å². The first-order chi connectivity index (χ1) is 12.6. The molecule has 0 saturated heterocycles. The third-order valence-electron chi connectivity index (χ3n) is 3.43. The third-order valence-corrected chi connectivity index (χ3v) is 3.80. The molecule has 26 heavy (non-hydrogen) atoms. The van der Waals surface area contributed by atoms with E-state index in [9.17, 15) is 9.59 Å². The maximum Gasteiger partial charge on any atom is 0.276 e. The monoisotopic (exact) mass is 376 g/mol. The van der Waals surface area contributed by atoms with Crippen LogP contribution in [0.5, 0.6) is 11.5 Å². The maximum atomic E-state index is 11.8. The number of rotatable bonds is 8. The third kappa shape index (κ3) is 6.29. The number of hydrogen-bond donors (Lipinski definition) is 2. The van der Waals surface area contributed by atoms with Crippen molar-refractivity contribution in [2.75, 3.05) is 13.2 Å². The molecule has 0 aliphatic heterocycles. The van der Waals surface area contributed by atoms with Crippen molar-refractivity contribution in [1.29, 1.82) is 0 Å². The number of carbonyl (C=O) groups is 2. The topological polar surface area (TPSA) is 76.7 Å². The number of nitrogens with one attached hydrogen (secondary N) is 2. The summed E-state index contributed by atoms with van der Waals surface area (Å²) >= 11 is 6.04. The Balaban J connectivity index is 1.71. The fourth-order valence-corrected chi connectivity index (χ4v) is 2.41. The molecular formula is C19H21ClN2O4. The van der Waals surface area contributed by atoms with Crippen LogP contribution in [0.2, 0.25) is 5.02 Å². The first kappa shape index (κ1) is 19.6. The molecule has 2 aromatic carbocycles. The normalized spacial score (nSPS) is 10.1. The van der Waals surface area contributed by atoms with Crippen LogP contribution in [0.3, 0.4) is 0 Å². The van der Waals surface area contributed by atoms with E-state index < -0.39 is 5.91 Å². The smallest absolute Gasteiger partial charge is 0.276 e. The number of ether oxygens (including phenoxy) is 2. The molecular weight excluding hydrogens is 356 g/mol. The molecule has 0 aliphatic carbocycles. The maximum absolute atomic E-state index is 11.8. The van der Waals surface area contributed by atoms with Crippen molar-refractivity contribution in [3.8, 4) is 11.5 Å². The van der Waals surface area contributed by atoms with Crippen molar-refractivity contribution in [3.63, 3.8) is 0 Å². The van der Waals surface area contributed by atoms with Crippen molar-refractivity contribution in [1.82, 2.24) is 10.9 Å². The van der Waals surface area contributed by atoms with Crippen molar-refractivity contribution in [3.05, 3.63) is 59.1 Å². The number of halogens is 1. The Morgan fingerprint density at radius 3 is 2.23 bits per heavy atom. The van der Waals surface area contributed by atoms with Gasteiger partial charge in [0.15, 0.2) is 18.1 Å². The first-order valence-electron chi connectivity index (χ1n) is 8.26. The lowest BCUT2D eigenvalue weighted by molar-refractivity contribution is -0.130. The van der Waals surface area contributed by atoms with Crippen LogP contribution in [0, 0.1) is 0 Å². The molecule has 0 aliphatic rings. The van der Waals surface area contributed by atoms with Crippen molar-refractivity contribution in [2.45, 2.75) is 19.8 Å². The van der Waals surface area contributed by atoms with Crippen LogP contribution in [0.25, 0.3) is 0 Å². The minimum atomic E-state index is -0.470. The second-order valence-corrected chi connectivity index (χ2v) is 5.76. The summed E-state index contributed by atoms with van der Waals surface area (Å²) in [6.45, 7) is 2.12. The summed E-state index contributed by atoms with van der Waals surface area (Å²) < 4.78 is 10.8. The lowest BCUT2D eigenvalue weighted by Crippen LogP contribution is -2.43. The molecule has 0 radical (unpaired) electrons. The average Bonchev–Trinajstić information content (AvgIpc) is 2.65. The van der Waals surface area contributed by atoms with Crippen molar-refractivity contribution in [2.24, 2.45) is 0 Å². The Bertz CT molecular complexity index is 752. The standard InChI is InChI=1S/C19H21ClN2O4/c1-2-25-16-9-5-6-10-17(16)26-13-19(24)22-21-18(23)12-11-14-7-3-4-8-15(14)20/h3-10H,2,11-13H2,1H3,(H,21,23)(H,22,24). The molecule has 0 fully saturated rings. The van der Waals surface area contributed by atoms with Crippen LogP contribution < -0.4 is 20.3 Å². The van der Waals surface area contributed by atoms with Gasteiger partial charge in [0.05, 0.1) is 6.61 Å². The van der Waals surface area contributed by atoms with E-state index in [0.717, 1.165) is 5.56 Å². The van der Waals surface area contributed by atoms with Crippen LogP contribution in [0.15, 0.2) is 48.5 Å². The van der Waals surface area contributed by atoms with Gasteiger partial charge in [0.2, 0.25) is 5.91 Å². The fourth-order valence-electron chi connectivity index (χ4n) is 2.17. The number of hydrazine groups is 1. The van der Waals surface area contributed by atoms with Gasteiger partial charge >= 0.3 is 0 Å². The quantitative estimate of drug-likeness (QED) is 0.694. The number of benzene rings is 2. The molecule has 0 heterocycles. The van der Waals surface area contributed by atoms with Gasteiger partial charge in [-0.15, -0.1) is 0 Å². The van der Waals surface area contributed by atoms with Gasteiger partial charge in [0.25, 0.3) is 5.91 Å². The van der Waals surface area contributed by atoms with Crippen LogP contribution in [0.4, 0.5) is 0 Å². The van der Waals surface area contributed by atoms with Gasteiger partial charge < -0.3 is 9.47 Å². The van der Waals surface area contributed by atoms with E-state index in [4.69, 9.17) is 21.1 Å². The molecule has 2 N–H and O–H groups in total. The number of aryl methyl sites for hydroxylation is 1. The second kappa shape index (κ2) is 10.3. The Morgan fingerprint density at radius 1 is 0.923 bits per heavy atom. The van der Waals surface area contributed by atoms with E-state index in [-0.39, 0.29) is 18.9 Å². The first-order valence-corrected chi connectivity index (χ1v) is 8.63. The number of carbonyl (C=O) groups excluding carboxylic acids is 2. The van der Waals surface area contributed by atoms with Crippen LogP contribution in [-0.2, 0) is 16.0 Å². The van der Waals surface area contributed by atoms with Crippen molar-refractivity contribution < 1.29 is 19.1 Å². The van der Waals surface area contributed by atoms with E-state index >= 15 is 0 Å². The zero-order valence-corrected chi connectivity index (χ0v) is 15.2. The highest BCUT2D eigenvalue weighted by molar-refractivity contribution is 6.31. The molecule has 138 valence electrons. The summed E-state index contributed by atoms with van der Waals surface area (Å²) in [5, 5.41) is 0.616. The lowest BCUT2D eigenvalue weighted by atomic mass is 10.1. The fraction of sp³-hybridized carbons (Fsp3) is 0.263. The highest BCUT2D eigenvalue weighted by atomic mass is 35.5. The van der Waals surface area contributed by atoms with Crippen LogP contribution >= 0.6 is 11.6 Å². The van der Waals surface area contributed by atoms with Gasteiger partial charge in [-0.2, -0.15) is 0 Å². The Hall–Kier alpha value is -2.73. The van der Waals surface area contributed by atoms with Gasteiger partial charge in [-0.3, -0.25) is 20.4 Å². The molecule has 2 rings (SSSR count). The second-order valence-electron chi connectivity index (χ2n) is 5.36. The van der Waals surface area contributed by atoms with Crippen molar-refractivity contribution >= 4 is 23.4 Å². The van der Waals surface area contributed by atoms with E-state index in [1.54, 1.807) is 24.3 Å². The predicted molar refractivity (Wildman–Crippen MR) is 99.2 cm³/mol. The van der Waals surface area contributed by atoms with Gasteiger partial charge in [-0.1, -0.05) is 41.9 Å². The number of para-hydroxylation sites is 2. The van der Waals surface area contributed by atoms with Gasteiger partial charge in [0, 0.05) is 11.4 Å². The van der Waals surface area contributed by atoms with E-state index in [1.807, 2.05) is 31.2 Å². The highest BCUT2D eigenvalue weighted by Crippen LogP contribution is 2.26. The zero-order chi connectivity index (χ0) is 18.8. The highest BCUT2D eigenvalue weighted by Gasteiger charge is 2.09. The summed E-state index contributed by atoms with van der Waals surface area (Å²) in [7, 11) is 0. The summed E-state index contributed by atoms with van der Waals surface area (Å²) in [5.74, 6) is 0.247. The summed E-state index contributed by atoms with van der Waals surface area (Å²) in [5.41, 5.74) is 5.55. The SMILES string of the molecule is CCOc1ccccc1OCC(=O)NNC(=O)CCc1ccccc1Cl. The zero-order valence-electron chi connectivity index (χ0n) is 14.5. The average molecular weight is 377 g/mol. The summed E-state index contributed by atoms with van der Waals surface area (Å²) in [4.78, 5) is 23.6. The van der Waals surface area contributed by atoms with E-state index in [2.05, 4.69) is 10.9 Å². The number of amides is 2. The molecule has 0 unspecified atom stereocenters. The molecule has 0 saturated carbocycles. The van der Waals surface area contributed by atoms with E-state index in [1.165, 1.54) is 0 Å². The Labute approximate surface area is 157 Å². The van der Waals surface area contributed by atoms with Gasteiger partial charge in [-0.05, 0) is 37.1 Å². The molecule has 0 atom stereocenters. The molecule has 0 aromatic heterocycles. The molecule has 2 amide bonds. The molecule has 2 aromatic rings. The van der Waals surface area contributed by atoms with Crippen LogP contribution in [0.1, 0.15) is 18.9 Å².